The number of ether oxygens (including phenoxy) is 2. The maximum atomic E-state index is 11.6. The molecule has 0 atom stereocenters. The molecule has 0 spiro atoms. The van der Waals surface area contributed by atoms with Crippen molar-refractivity contribution >= 4 is 5.91 Å². The Balaban J connectivity index is 2.09. The van der Waals surface area contributed by atoms with Crippen molar-refractivity contribution in [3.63, 3.8) is 0 Å². The predicted molar refractivity (Wildman–Crippen MR) is 63.3 cm³/mol. The quantitative estimate of drug-likeness (QED) is 0.800. The average molecular weight is 233 g/mol. The van der Waals surface area contributed by atoms with Crippen molar-refractivity contribution in [2.45, 2.75) is 13.5 Å². The molecule has 0 aromatic heterocycles. The number of nitrogens with zero attached hydrogens (tertiary/aromatic N) is 1. The normalized spacial score (nSPS) is 15.3. The number of benzene rings is 1. The van der Waals surface area contributed by atoms with Crippen LogP contribution >= 0.6 is 0 Å². The fourth-order valence-corrected chi connectivity index (χ4v) is 1.65. The number of amides is 1. The van der Waals surface area contributed by atoms with Crippen LogP contribution in [0.25, 0.3) is 0 Å². The minimum Gasteiger partial charge on any atom is -0.497 e. The lowest BCUT2D eigenvalue weighted by molar-refractivity contribution is -0.134. The van der Waals surface area contributed by atoms with Crippen LogP contribution in [0.5, 0.6) is 5.75 Å². The highest BCUT2D eigenvalue weighted by molar-refractivity contribution is 5.79. The van der Waals surface area contributed by atoms with Crippen LogP contribution in [-0.4, -0.2) is 24.5 Å². The summed E-state index contributed by atoms with van der Waals surface area (Å²) in [5.74, 6) is 1.55. The molecule has 1 aliphatic heterocycles. The maximum absolute atomic E-state index is 11.6. The second-order valence-electron chi connectivity index (χ2n) is 3.90. The van der Waals surface area contributed by atoms with E-state index in [1.54, 1.807) is 18.2 Å². The number of methoxy groups -OCH3 is 1. The molecular weight excluding hydrogens is 218 g/mol. The number of rotatable bonds is 3. The Morgan fingerprint density at radius 1 is 1.35 bits per heavy atom. The Kier molecular flexibility index (Phi) is 3.32. The number of hydrogen-bond donors (Lipinski definition) is 0. The number of allylic oxidation sites excluding steroid dienone is 1. The van der Waals surface area contributed by atoms with Crippen LogP contribution in [0.4, 0.5) is 0 Å². The van der Waals surface area contributed by atoms with Gasteiger partial charge < -0.3 is 14.4 Å². The lowest BCUT2D eigenvalue weighted by atomic mass is 10.2. The summed E-state index contributed by atoms with van der Waals surface area (Å²) in [6, 6.07) is 7.67. The highest BCUT2D eigenvalue weighted by atomic mass is 16.5. The van der Waals surface area contributed by atoms with Gasteiger partial charge in [-0.1, -0.05) is 12.1 Å². The van der Waals surface area contributed by atoms with Gasteiger partial charge in [0, 0.05) is 6.20 Å². The second kappa shape index (κ2) is 4.91. The molecule has 0 bridgehead atoms. The fourth-order valence-electron chi connectivity index (χ4n) is 1.65. The van der Waals surface area contributed by atoms with Crippen molar-refractivity contribution in [2.24, 2.45) is 0 Å². The zero-order chi connectivity index (χ0) is 12.3. The van der Waals surface area contributed by atoms with Gasteiger partial charge in [0.15, 0.2) is 6.61 Å². The van der Waals surface area contributed by atoms with Gasteiger partial charge in [-0.15, -0.1) is 0 Å². The molecule has 2 rings (SSSR count). The van der Waals surface area contributed by atoms with E-state index in [0.29, 0.717) is 6.54 Å². The molecule has 1 aliphatic rings. The second-order valence-corrected chi connectivity index (χ2v) is 3.90. The van der Waals surface area contributed by atoms with Gasteiger partial charge in [-0.3, -0.25) is 4.79 Å². The van der Waals surface area contributed by atoms with E-state index in [4.69, 9.17) is 9.47 Å². The molecule has 90 valence electrons. The molecule has 0 unspecified atom stereocenters. The van der Waals surface area contributed by atoms with Crippen LogP contribution < -0.4 is 4.74 Å². The Labute approximate surface area is 100 Å². The first-order valence-corrected chi connectivity index (χ1v) is 5.42. The van der Waals surface area contributed by atoms with Crippen LogP contribution in [0, 0.1) is 0 Å². The van der Waals surface area contributed by atoms with Crippen LogP contribution in [0.3, 0.4) is 0 Å². The molecule has 0 aliphatic carbocycles. The summed E-state index contributed by atoms with van der Waals surface area (Å²) >= 11 is 0. The minimum absolute atomic E-state index is 0.0218. The Bertz CT molecular complexity index is 436. The van der Waals surface area contributed by atoms with Gasteiger partial charge in [-0.05, 0) is 24.6 Å². The molecule has 0 saturated heterocycles. The lowest BCUT2D eigenvalue weighted by Crippen LogP contribution is -2.32. The average Bonchev–Trinajstić information content (AvgIpc) is 2.35. The zero-order valence-corrected chi connectivity index (χ0v) is 9.97. The highest BCUT2D eigenvalue weighted by Crippen LogP contribution is 2.15. The topological polar surface area (TPSA) is 38.8 Å². The fraction of sp³-hybridized carbons (Fsp3) is 0.308. The van der Waals surface area contributed by atoms with Gasteiger partial charge in [0.1, 0.15) is 11.5 Å². The first-order chi connectivity index (χ1) is 8.19. The van der Waals surface area contributed by atoms with Gasteiger partial charge >= 0.3 is 0 Å². The summed E-state index contributed by atoms with van der Waals surface area (Å²) in [7, 11) is 1.63. The van der Waals surface area contributed by atoms with Crippen LogP contribution in [0.15, 0.2) is 36.2 Å². The van der Waals surface area contributed by atoms with E-state index < -0.39 is 0 Å². The maximum Gasteiger partial charge on any atom is 0.264 e. The van der Waals surface area contributed by atoms with Crippen molar-refractivity contribution in [3.05, 3.63) is 41.8 Å². The SMILES string of the molecule is COc1ccc(CN2C=C(C)OCC2=O)cc1. The molecular formula is C13H15NO3. The first-order valence-electron chi connectivity index (χ1n) is 5.42. The van der Waals surface area contributed by atoms with Gasteiger partial charge in [0.05, 0.1) is 13.7 Å². The van der Waals surface area contributed by atoms with Crippen LogP contribution in [0.2, 0.25) is 0 Å². The third-order valence-corrected chi connectivity index (χ3v) is 2.59. The van der Waals surface area contributed by atoms with Crippen LogP contribution in [-0.2, 0) is 16.1 Å². The summed E-state index contributed by atoms with van der Waals surface area (Å²) in [5.41, 5.74) is 1.06. The Hall–Kier alpha value is -1.97. The van der Waals surface area contributed by atoms with E-state index in [2.05, 4.69) is 0 Å². The molecule has 1 aromatic carbocycles. The molecule has 4 nitrogen and oxygen atoms in total. The van der Waals surface area contributed by atoms with E-state index in [1.165, 1.54) is 0 Å². The van der Waals surface area contributed by atoms with Crippen molar-refractivity contribution in [3.8, 4) is 5.75 Å². The van der Waals surface area contributed by atoms with E-state index in [9.17, 15) is 4.79 Å². The Morgan fingerprint density at radius 3 is 2.71 bits per heavy atom. The summed E-state index contributed by atoms with van der Waals surface area (Å²) < 4.78 is 10.2. The molecule has 0 fully saturated rings. The summed E-state index contributed by atoms with van der Waals surface area (Å²) in [5, 5.41) is 0. The van der Waals surface area contributed by atoms with Gasteiger partial charge in [0.2, 0.25) is 0 Å². The van der Waals surface area contributed by atoms with Crippen molar-refractivity contribution in [2.75, 3.05) is 13.7 Å². The number of carbonyl (C=O) groups is 1. The third kappa shape index (κ3) is 2.78. The van der Waals surface area contributed by atoms with E-state index >= 15 is 0 Å². The summed E-state index contributed by atoms with van der Waals surface area (Å²) in [6.45, 7) is 2.52. The molecule has 0 saturated carbocycles. The molecule has 0 N–H and O–H groups in total. The Morgan fingerprint density at radius 2 is 2.06 bits per heavy atom. The molecule has 17 heavy (non-hydrogen) atoms. The van der Waals surface area contributed by atoms with E-state index in [-0.39, 0.29) is 12.5 Å². The highest BCUT2D eigenvalue weighted by Gasteiger charge is 2.17. The molecule has 1 amide bonds. The molecule has 0 radical (unpaired) electrons. The smallest absolute Gasteiger partial charge is 0.264 e. The van der Waals surface area contributed by atoms with Gasteiger partial charge in [0.25, 0.3) is 5.91 Å². The lowest BCUT2D eigenvalue weighted by Gasteiger charge is -2.24. The van der Waals surface area contributed by atoms with E-state index in [0.717, 1.165) is 17.1 Å². The van der Waals surface area contributed by atoms with E-state index in [1.807, 2.05) is 31.2 Å². The first kappa shape index (κ1) is 11.5. The summed E-state index contributed by atoms with van der Waals surface area (Å²) in [4.78, 5) is 13.3. The number of hydrogen-bond acceptors (Lipinski definition) is 3. The van der Waals surface area contributed by atoms with Crippen LogP contribution in [0.1, 0.15) is 12.5 Å². The molecule has 1 heterocycles. The van der Waals surface area contributed by atoms with Crippen molar-refractivity contribution < 1.29 is 14.3 Å². The minimum atomic E-state index is -0.0218. The summed E-state index contributed by atoms with van der Waals surface area (Å²) in [6.07, 6.45) is 1.73. The predicted octanol–water partition coefficient (Wildman–Crippen LogP) is 1.92. The number of carbonyl (C=O) groups excluding carboxylic acids is 1. The third-order valence-electron chi connectivity index (χ3n) is 2.59. The molecule has 1 aromatic rings. The standard InChI is InChI=1S/C13H15NO3/c1-10-7-14(13(15)9-17-10)8-11-3-5-12(16-2)6-4-11/h3-7H,8-9H2,1-2H3. The van der Waals surface area contributed by atoms with Gasteiger partial charge in [-0.25, -0.2) is 0 Å². The van der Waals surface area contributed by atoms with Gasteiger partial charge in [-0.2, -0.15) is 0 Å². The largest absolute Gasteiger partial charge is 0.497 e. The van der Waals surface area contributed by atoms with Crippen molar-refractivity contribution in [1.82, 2.24) is 4.90 Å². The zero-order valence-electron chi connectivity index (χ0n) is 9.97. The van der Waals surface area contributed by atoms with Crippen molar-refractivity contribution in [1.29, 1.82) is 0 Å². The molecule has 4 heteroatoms. The monoisotopic (exact) mass is 233 g/mol.